The third-order valence-corrected chi connectivity index (χ3v) is 20.7. The molecule has 1 aliphatic rings. The molecule has 0 saturated carbocycles. The van der Waals surface area contributed by atoms with Gasteiger partial charge in [-0.15, -0.1) is 0 Å². The van der Waals surface area contributed by atoms with Crippen molar-refractivity contribution in [3.8, 4) is 11.5 Å². The third kappa shape index (κ3) is 24.9. The lowest BCUT2D eigenvalue weighted by Gasteiger charge is -2.36. The Hall–Kier alpha value is -9.75. The number of aromatic nitrogens is 2. The number of methoxy groups -OCH3 is 1. The minimum atomic E-state index is -1.74. The first-order valence-corrected chi connectivity index (χ1v) is 37.6. The highest BCUT2D eigenvalue weighted by Crippen LogP contribution is 2.26. The second kappa shape index (κ2) is 39.0. The number of hydrogen-bond donors (Lipinski definition) is 14. The van der Waals surface area contributed by atoms with E-state index in [0.29, 0.717) is 52.4 Å². The summed E-state index contributed by atoms with van der Waals surface area (Å²) in [5.41, 5.74) is 11.5. The van der Waals surface area contributed by atoms with Gasteiger partial charge in [0.25, 0.3) is 0 Å². The van der Waals surface area contributed by atoms with E-state index in [1.54, 1.807) is 79.1 Å². The van der Waals surface area contributed by atoms with Gasteiger partial charge in [0, 0.05) is 80.1 Å². The number of thioether (sulfide) groups is 2. The van der Waals surface area contributed by atoms with Crippen LogP contribution in [0.25, 0.3) is 11.0 Å². The summed E-state index contributed by atoms with van der Waals surface area (Å²) in [5.74, 6) is -7.32. The maximum Gasteiger partial charge on any atom is 0.246 e. The average Bonchev–Trinajstić information content (AvgIpc) is 1.40. The number of phenols is 2. The topological polar surface area (TPSA) is 447 Å². The SMILES string of the molecule is CC[C@H](NC(=O)[C@@](C)(NC(=O)[C@H](Cc1ccc(O)cc1)NC(=O)[C@H](C)NC(=O)C(C)(C)NC(=O)[C@H](Cc1c[nH]c2ncccc12)NC(=O)C[C@@H](C)OC)C(C)C)C(=O)N[C@H](CSCc1cccc(CSCCC(=O)N[C@H](C(=O)N[C@@H](Cc2ccc(O)cc2)C(=O)N2CCC[C@H]2C(N)=O)C(C)(C)C)c1)C(N)=O. The van der Waals surface area contributed by atoms with Crippen molar-refractivity contribution in [2.24, 2.45) is 22.8 Å². The number of ether oxygens (including phenoxy) is 1. The molecule has 3 aromatic carbocycles. The molecule has 31 heteroatoms. The smallest absolute Gasteiger partial charge is 0.246 e. The van der Waals surface area contributed by atoms with E-state index in [0.717, 1.165) is 16.5 Å². The van der Waals surface area contributed by atoms with E-state index in [1.807, 2.05) is 30.3 Å². The van der Waals surface area contributed by atoms with Crippen LogP contribution in [0.2, 0.25) is 0 Å². The van der Waals surface area contributed by atoms with Crippen LogP contribution in [0.15, 0.2) is 97.3 Å². The molecule has 12 amide bonds. The van der Waals surface area contributed by atoms with E-state index in [2.05, 4.69) is 57.8 Å². The van der Waals surface area contributed by atoms with Gasteiger partial charge in [-0.3, -0.25) is 57.5 Å². The molecule has 16 N–H and O–H groups in total. The quantitative estimate of drug-likeness (QED) is 0.0251. The Kier molecular flexibility index (Phi) is 31.4. The van der Waals surface area contributed by atoms with Gasteiger partial charge in [0.2, 0.25) is 70.9 Å². The number of rotatable bonds is 39. The lowest BCUT2D eigenvalue weighted by molar-refractivity contribution is -0.141. The maximum atomic E-state index is 14.6. The Morgan fingerprint density at radius 2 is 1.22 bits per heavy atom. The summed E-state index contributed by atoms with van der Waals surface area (Å²) in [5, 5.41) is 45.4. The average molecular weight is 1510 g/mol. The number of aromatic amines is 1. The number of nitrogens with one attached hydrogen (secondary N) is 10. The number of nitrogens with two attached hydrogens (primary N) is 2. The van der Waals surface area contributed by atoms with Crippen LogP contribution in [0.4, 0.5) is 0 Å². The molecule has 1 aliphatic heterocycles. The van der Waals surface area contributed by atoms with Gasteiger partial charge in [0.05, 0.1) is 12.5 Å². The molecule has 0 spiro atoms. The van der Waals surface area contributed by atoms with E-state index < -0.39 is 142 Å². The van der Waals surface area contributed by atoms with Crippen LogP contribution in [0.1, 0.15) is 136 Å². The van der Waals surface area contributed by atoms with Crippen molar-refractivity contribution < 1.29 is 72.5 Å². The first-order valence-electron chi connectivity index (χ1n) is 35.3. The van der Waals surface area contributed by atoms with E-state index >= 15 is 0 Å². The number of fused-ring (bicyclic) bond motifs is 1. The molecule has 2 aromatic heterocycles. The van der Waals surface area contributed by atoms with Crippen molar-refractivity contribution in [2.75, 3.05) is 25.2 Å². The number of benzene rings is 3. The zero-order valence-electron chi connectivity index (χ0n) is 62.3. The zero-order chi connectivity index (χ0) is 78.4. The standard InChI is InChI=1S/C75H104N14O15S2/c1-13-53(66(97)84-57(62(76)94)41-106-40-48-18-14-17-47(34-48)39-105-32-29-59(92)86-61(73(6,7)8)69(100)83-56(36-46-23-27-51(91)28-24-46)70(101)89-31-16-20-58(89)63(77)95)85-72(103)75(11,42(2)3)88-68(99)54(35-45-21-25-50(90)26-22-45)82-65(96)44(5)80-71(102)74(9,10)87-67(98)55(81-60(93)33-43(4)104-12)37-49-38-79-64-52(49)19-15-30-78-64/h14-15,17-19,21-28,30,34,38,42-44,53-58,61,90-91H,13,16,20,29,31-33,35-37,39-41H2,1-12H3,(H2,76,94)(H2,77,95)(H,78,79)(H,80,102)(H,81,93)(H,82,96)(H,83,100)(H,84,97)(H,85,103)(H,86,92)(H,87,98)(H,88,99)/t43-,44+,53+,54+,55+,56+,57-,58+,61-,75+/m1/s1. The van der Waals surface area contributed by atoms with Crippen LogP contribution < -0.4 is 59.3 Å². The summed E-state index contributed by atoms with van der Waals surface area (Å²) >= 11 is 2.83. The highest BCUT2D eigenvalue weighted by atomic mass is 32.2. The van der Waals surface area contributed by atoms with Crippen LogP contribution >= 0.6 is 23.5 Å². The van der Waals surface area contributed by atoms with Crippen molar-refractivity contribution in [2.45, 2.75) is 205 Å². The Bertz CT molecular complexity index is 3920. The van der Waals surface area contributed by atoms with Gasteiger partial charge < -0.3 is 84.2 Å². The van der Waals surface area contributed by atoms with Gasteiger partial charge in [-0.05, 0) is 129 Å². The third-order valence-electron chi connectivity index (χ3n) is 18.5. The molecule has 0 bridgehead atoms. The number of H-pyrrole nitrogens is 1. The number of amides is 12. The molecule has 6 rings (SSSR count). The molecule has 0 radical (unpaired) electrons. The van der Waals surface area contributed by atoms with Gasteiger partial charge in [-0.25, -0.2) is 4.98 Å². The molecule has 3 heterocycles. The first-order chi connectivity index (χ1) is 49.9. The highest BCUT2D eigenvalue weighted by molar-refractivity contribution is 7.98. The second-order valence-corrected chi connectivity index (χ2v) is 30.9. The molecule has 0 aliphatic carbocycles. The van der Waals surface area contributed by atoms with Crippen molar-refractivity contribution in [1.29, 1.82) is 0 Å². The van der Waals surface area contributed by atoms with Gasteiger partial charge >= 0.3 is 0 Å². The van der Waals surface area contributed by atoms with Crippen molar-refractivity contribution in [1.82, 2.24) is 62.7 Å². The van der Waals surface area contributed by atoms with E-state index in [9.17, 15) is 67.7 Å². The number of likely N-dealkylation sites (tertiary alicyclic amines) is 1. The summed E-state index contributed by atoms with van der Waals surface area (Å²) in [6.45, 7) is 18.0. The fourth-order valence-corrected chi connectivity index (χ4v) is 13.5. The lowest BCUT2D eigenvalue weighted by Crippen LogP contribution is -2.66. The molecule has 5 aromatic rings. The molecular weight excluding hydrogens is 1400 g/mol. The number of carbonyl (C=O) groups excluding carboxylic acids is 12. The number of pyridine rings is 1. The predicted octanol–water partition coefficient (Wildman–Crippen LogP) is 3.24. The van der Waals surface area contributed by atoms with Crippen molar-refractivity contribution in [3.05, 3.63) is 125 Å². The van der Waals surface area contributed by atoms with Gasteiger partial charge in [0.15, 0.2) is 0 Å². The van der Waals surface area contributed by atoms with Crippen LogP contribution in [0, 0.1) is 11.3 Å². The van der Waals surface area contributed by atoms with E-state index in [1.165, 1.54) is 99.6 Å². The fraction of sp³-hybridized carbons (Fsp3) is 0.507. The lowest BCUT2D eigenvalue weighted by atomic mass is 9.85. The molecule has 106 heavy (non-hydrogen) atoms. The molecule has 10 atom stereocenters. The molecule has 1 fully saturated rings. The van der Waals surface area contributed by atoms with Crippen LogP contribution in [-0.2, 0) is 93.0 Å². The summed E-state index contributed by atoms with van der Waals surface area (Å²) in [6, 6.07) is 14.0. The number of hydrogen-bond acceptors (Lipinski definition) is 18. The summed E-state index contributed by atoms with van der Waals surface area (Å²) in [6.07, 6.45) is 3.77. The van der Waals surface area contributed by atoms with Crippen LogP contribution in [-0.4, -0.2) is 187 Å². The maximum absolute atomic E-state index is 14.6. The van der Waals surface area contributed by atoms with Crippen molar-refractivity contribution >= 4 is 105 Å². The predicted molar refractivity (Wildman–Crippen MR) is 404 cm³/mol. The normalized spacial score (nSPS) is 15.9. The van der Waals surface area contributed by atoms with Gasteiger partial charge in [-0.1, -0.05) is 90.1 Å². The van der Waals surface area contributed by atoms with E-state index in [-0.39, 0.29) is 68.2 Å². The monoisotopic (exact) mass is 1500 g/mol. The van der Waals surface area contributed by atoms with Gasteiger partial charge in [-0.2, -0.15) is 23.5 Å². The van der Waals surface area contributed by atoms with Crippen LogP contribution in [0.3, 0.4) is 0 Å². The Morgan fingerprint density at radius 1 is 0.632 bits per heavy atom. The van der Waals surface area contributed by atoms with E-state index in [4.69, 9.17) is 16.2 Å². The van der Waals surface area contributed by atoms with Gasteiger partial charge in [0.1, 0.15) is 76.6 Å². The number of aromatic hydroxyl groups is 2. The zero-order valence-corrected chi connectivity index (χ0v) is 63.9. The van der Waals surface area contributed by atoms with Crippen LogP contribution in [0.5, 0.6) is 11.5 Å². The minimum absolute atomic E-state index is 0.0202. The second-order valence-electron chi connectivity index (χ2n) is 28.8. The summed E-state index contributed by atoms with van der Waals surface area (Å²) in [4.78, 5) is 174. The molecule has 1 saturated heterocycles. The Morgan fingerprint density at radius 3 is 1.80 bits per heavy atom. The number of phenolic OH excluding ortho intramolecular Hbond substituents is 2. The Labute approximate surface area is 626 Å². The number of primary amides is 2. The Balaban J connectivity index is 1.01. The minimum Gasteiger partial charge on any atom is -0.508 e. The molecular formula is C75H104N14O15S2. The largest absolute Gasteiger partial charge is 0.508 e. The molecule has 576 valence electrons. The highest BCUT2D eigenvalue weighted by Gasteiger charge is 2.44. The fourth-order valence-electron chi connectivity index (χ4n) is 11.6. The summed E-state index contributed by atoms with van der Waals surface area (Å²) < 4.78 is 5.25. The first kappa shape index (κ1) is 85.2. The number of carbonyl (C=O) groups is 12. The van der Waals surface area contributed by atoms with Crippen molar-refractivity contribution in [3.63, 3.8) is 0 Å². The summed E-state index contributed by atoms with van der Waals surface area (Å²) in [7, 11) is 1.45. The molecule has 0 unspecified atom stereocenters. The molecule has 29 nitrogen and oxygen atoms in total. The number of nitrogens with zero attached hydrogens (tertiary/aromatic N) is 2.